The third-order valence-electron chi connectivity index (χ3n) is 2.15. The molecule has 0 saturated carbocycles. The van der Waals surface area contributed by atoms with E-state index in [-0.39, 0.29) is 0 Å². The molecule has 0 saturated heterocycles. The largest absolute Gasteiger partial charge is 0.416 e. The first-order chi connectivity index (χ1) is 6.99. The van der Waals surface area contributed by atoms with Gasteiger partial charge in [0.15, 0.2) is 0 Å². The van der Waals surface area contributed by atoms with Crippen molar-refractivity contribution in [3.8, 4) is 0 Å². The second-order valence-electron chi connectivity index (χ2n) is 3.37. The van der Waals surface area contributed by atoms with E-state index in [9.17, 15) is 13.2 Å². The first-order valence-electron chi connectivity index (χ1n) is 4.74. The van der Waals surface area contributed by atoms with Crippen LogP contribution in [0.4, 0.5) is 13.2 Å². The van der Waals surface area contributed by atoms with Crippen LogP contribution in [0.3, 0.4) is 0 Å². The van der Waals surface area contributed by atoms with E-state index in [1.165, 1.54) is 6.07 Å². The Balaban J connectivity index is 3.15. The Morgan fingerprint density at radius 1 is 1.27 bits per heavy atom. The molecule has 1 aromatic carbocycles. The fourth-order valence-corrected chi connectivity index (χ4v) is 1.96. The normalized spacial score (nSPS) is 11.8. The number of benzene rings is 1. The minimum Gasteiger partial charge on any atom is -0.166 e. The lowest BCUT2D eigenvalue weighted by Gasteiger charge is -2.13. The number of alkyl halides is 4. The van der Waals surface area contributed by atoms with Gasteiger partial charge in [0, 0.05) is 4.43 Å². The predicted octanol–water partition coefficient (Wildman–Crippen LogP) is 4.59. The second-order valence-corrected chi connectivity index (χ2v) is 4.14. The predicted molar refractivity (Wildman–Crippen MR) is 63.2 cm³/mol. The molecule has 0 aliphatic heterocycles. The first-order valence-corrected chi connectivity index (χ1v) is 6.26. The van der Waals surface area contributed by atoms with Crippen molar-refractivity contribution in [3.63, 3.8) is 0 Å². The summed E-state index contributed by atoms with van der Waals surface area (Å²) in [5.74, 6) is 0. The third-order valence-corrected chi connectivity index (χ3v) is 3.03. The summed E-state index contributed by atoms with van der Waals surface area (Å²) in [6.07, 6.45) is -3.01. The lowest BCUT2D eigenvalue weighted by atomic mass is 10.0. The van der Waals surface area contributed by atoms with Gasteiger partial charge in [-0.05, 0) is 23.6 Å². The van der Waals surface area contributed by atoms with Gasteiger partial charge in [-0.3, -0.25) is 0 Å². The lowest BCUT2D eigenvalue weighted by molar-refractivity contribution is -0.138. The number of hydrogen-bond acceptors (Lipinski definition) is 0. The van der Waals surface area contributed by atoms with Gasteiger partial charge in [0.05, 0.1) is 5.56 Å². The highest BCUT2D eigenvalue weighted by atomic mass is 127. The Kier molecular flexibility index (Phi) is 4.43. The molecule has 1 aromatic rings. The van der Waals surface area contributed by atoms with Crippen LogP contribution in [0.1, 0.15) is 30.0 Å². The van der Waals surface area contributed by atoms with Crippen molar-refractivity contribution < 1.29 is 13.2 Å². The van der Waals surface area contributed by atoms with Gasteiger partial charge in [0.1, 0.15) is 0 Å². The monoisotopic (exact) mass is 328 g/mol. The van der Waals surface area contributed by atoms with E-state index in [1.807, 2.05) is 6.92 Å². The average molecular weight is 328 g/mol. The fourth-order valence-electron chi connectivity index (χ4n) is 1.48. The van der Waals surface area contributed by atoms with Crippen molar-refractivity contribution in [2.45, 2.75) is 30.4 Å². The molecule has 0 nitrogen and oxygen atoms in total. The Bertz CT molecular complexity index is 331. The maximum absolute atomic E-state index is 12.6. The van der Waals surface area contributed by atoms with Crippen molar-refractivity contribution >= 4 is 22.6 Å². The molecule has 0 heterocycles. The Labute approximate surface area is 101 Å². The third kappa shape index (κ3) is 3.36. The molecule has 0 aliphatic carbocycles. The molecule has 15 heavy (non-hydrogen) atoms. The standard InChI is InChI=1S/C11H12F3I/c1-2-3-9-6-8(7-15)4-5-10(9)11(12,13)14/h4-6H,2-3,7H2,1H3. The molecular weight excluding hydrogens is 316 g/mol. The van der Waals surface area contributed by atoms with Crippen LogP contribution in [0.25, 0.3) is 0 Å². The van der Waals surface area contributed by atoms with Crippen LogP contribution in [0.2, 0.25) is 0 Å². The number of rotatable bonds is 3. The number of aryl methyl sites for hydroxylation is 1. The van der Waals surface area contributed by atoms with E-state index in [0.717, 1.165) is 16.4 Å². The van der Waals surface area contributed by atoms with Gasteiger partial charge < -0.3 is 0 Å². The maximum atomic E-state index is 12.6. The Hall–Kier alpha value is -0.260. The van der Waals surface area contributed by atoms with Gasteiger partial charge >= 0.3 is 6.18 Å². The summed E-state index contributed by atoms with van der Waals surface area (Å²) < 4.78 is 38.6. The Morgan fingerprint density at radius 3 is 2.40 bits per heavy atom. The zero-order chi connectivity index (χ0) is 11.5. The van der Waals surface area contributed by atoms with E-state index in [0.29, 0.717) is 12.0 Å². The molecule has 0 spiro atoms. The van der Waals surface area contributed by atoms with Crippen molar-refractivity contribution in [3.05, 3.63) is 34.9 Å². The molecule has 1 rings (SSSR count). The summed E-state index contributed by atoms with van der Waals surface area (Å²) in [5, 5.41) is 0. The van der Waals surface area contributed by atoms with Crippen molar-refractivity contribution in [1.82, 2.24) is 0 Å². The molecule has 4 heteroatoms. The maximum Gasteiger partial charge on any atom is 0.416 e. The van der Waals surface area contributed by atoms with Crippen molar-refractivity contribution in [2.24, 2.45) is 0 Å². The highest BCUT2D eigenvalue weighted by molar-refractivity contribution is 14.1. The smallest absolute Gasteiger partial charge is 0.166 e. The quantitative estimate of drug-likeness (QED) is 0.562. The summed E-state index contributed by atoms with van der Waals surface area (Å²) in [5.41, 5.74) is 0.879. The summed E-state index contributed by atoms with van der Waals surface area (Å²) in [6.45, 7) is 1.89. The summed E-state index contributed by atoms with van der Waals surface area (Å²) >= 11 is 2.15. The van der Waals surface area contributed by atoms with E-state index in [1.54, 1.807) is 12.1 Å². The molecule has 0 amide bonds. The van der Waals surface area contributed by atoms with Crippen LogP contribution in [0.15, 0.2) is 18.2 Å². The van der Waals surface area contributed by atoms with Gasteiger partial charge in [-0.2, -0.15) is 13.2 Å². The average Bonchev–Trinajstić information content (AvgIpc) is 2.16. The van der Waals surface area contributed by atoms with E-state index < -0.39 is 11.7 Å². The highest BCUT2D eigenvalue weighted by Crippen LogP contribution is 2.33. The summed E-state index contributed by atoms with van der Waals surface area (Å²) in [6, 6.07) is 4.41. The molecule has 84 valence electrons. The first kappa shape index (κ1) is 12.8. The van der Waals surface area contributed by atoms with Crippen LogP contribution in [-0.4, -0.2) is 0 Å². The minimum absolute atomic E-state index is 0.416. The van der Waals surface area contributed by atoms with Gasteiger partial charge in [-0.25, -0.2) is 0 Å². The van der Waals surface area contributed by atoms with E-state index in [2.05, 4.69) is 22.6 Å². The second kappa shape index (κ2) is 5.18. The molecule has 0 aromatic heterocycles. The van der Waals surface area contributed by atoms with Crippen molar-refractivity contribution in [1.29, 1.82) is 0 Å². The zero-order valence-electron chi connectivity index (χ0n) is 8.37. The molecule has 0 unspecified atom stereocenters. The van der Waals surface area contributed by atoms with Crippen LogP contribution in [-0.2, 0) is 17.0 Å². The Morgan fingerprint density at radius 2 is 1.93 bits per heavy atom. The minimum atomic E-state index is -4.23. The van der Waals surface area contributed by atoms with Crippen LogP contribution < -0.4 is 0 Å². The molecule has 0 fully saturated rings. The van der Waals surface area contributed by atoms with Gasteiger partial charge in [0.25, 0.3) is 0 Å². The molecule has 0 N–H and O–H groups in total. The molecule has 0 bridgehead atoms. The number of halogens is 4. The van der Waals surface area contributed by atoms with Crippen molar-refractivity contribution in [2.75, 3.05) is 0 Å². The SMILES string of the molecule is CCCc1cc(CI)ccc1C(F)(F)F. The molecule has 0 atom stereocenters. The van der Waals surface area contributed by atoms with Crippen LogP contribution in [0, 0.1) is 0 Å². The van der Waals surface area contributed by atoms with E-state index in [4.69, 9.17) is 0 Å². The van der Waals surface area contributed by atoms with Gasteiger partial charge in [-0.15, -0.1) is 0 Å². The molecular formula is C11H12F3I. The topological polar surface area (TPSA) is 0 Å². The van der Waals surface area contributed by atoms with E-state index >= 15 is 0 Å². The van der Waals surface area contributed by atoms with Gasteiger partial charge in [0.2, 0.25) is 0 Å². The molecule has 0 aliphatic rings. The van der Waals surface area contributed by atoms with Crippen LogP contribution in [0.5, 0.6) is 0 Å². The fraction of sp³-hybridized carbons (Fsp3) is 0.455. The zero-order valence-corrected chi connectivity index (χ0v) is 10.5. The van der Waals surface area contributed by atoms with Gasteiger partial charge in [-0.1, -0.05) is 48.1 Å². The highest BCUT2D eigenvalue weighted by Gasteiger charge is 2.32. The number of hydrogen-bond donors (Lipinski definition) is 0. The lowest BCUT2D eigenvalue weighted by Crippen LogP contribution is -2.09. The van der Waals surface area contributed by atoms with Crippen LogP contribution >= 0.6 is 22.6 Å². The summed E-state index contributed by atoms with van der Waals surface area (Å²) in [4.78, 5) is 0. The summed E-state index contributed by atoms with van der Waals surface area (Å²) in [7, 11) is 0. The molecule has 0 radical (unpaired) electrons.